The van der Waals surface area contributed by atoms with Crippen LogP contribution >= 0.6 is 23.5 Å². The number of nitrogens with zero attached hydrogens (tertiary/aromatic N) is 5. The Morgan fingerprint density at radius 2 is 1.36 bits per heavy atom. The van der Waals surface area contributed by atoms with Crippen molar-refractivity contribution >= 4 is 51.3 Å². The maximum Gasteiger partial charge on any atom is 0.278 e. The zero-order valence-electron chi connectivity index (χ0n) is 50.1. The molecule has 47 heavy (non-hydrogen) atoms. The lowest BCUT2D eigenvalue weighted by Gasteiger charge is -2.11. The van der Waals surface area contributed by atoms with Crippen molar-refractivity contribution in [1.29, 1.82) is 0 Å². The van der Waals surface area contributed by atoms with Crippen molar-refractivity contribution in [1.82, 2.24) is 29.9 Å². The molecule has 2 aromatic carbocycles. The Balaban J connectivity index is 0.000000274. The molecule has 0 bridgehead atoms. The minimum Gasteiger partial charge on any atom is -0.497 e. The summed E-state index contributed by atoms with van der Waals surface area (Å²) < 4.78 is 222. The van der Waals surface area contributed by atoms with Gasteiger partial charge in [0.15, 0.2) is 10.3 Å². The van der Waals surface area contributed by atoms with E-state index in [2.05, 4.69) is 29.9 Å². The van der Waals surface area contributed by atoms with E-state index in [1.54, 1.807) is 0 Å². The molecule has 244 valence electrons. The first-order chi connectivity index (χ1) is 33.2. The number of aromatic amines is 2. The van der Waals surface area contributed by atoms with Crippen molar-refractivity contribution in [2.45, 2.75) is 49.1 Å². The standard InChI is InChI=1S/C17H19N3O2S.C16H16N4O3S/c1-10-8-18-15(11(2)16(10)22-4)9-23-17-19-13-6-5-12(21-3)7-14(13)20-17;1-9-7-17-14(10(2)15(9)20(21)22)8-24-16-18-12-5-4-11(23-3)6-13(12)19-16/h5-8H,9H2,1-4H3,(H,19,20);4-7H,8H2,1-3H3,(H,18,19)/i1D3,2D3,3D3,4D3,8D,9D2;1D3,2D3,3D3,7D,8D2. The quantitative estimate of drug-likeness (QED) is 0.0822. The molecule has 0 aliphatic rings. The summed E-state index contributed by atoms with van der Waals surface area (Å²) in [4.78, 5) is 31.4. The molecule has 0 saturated carbocycles. The third-order valence-electron chi connectivity index (χ3n) is 5.83. The Kier molecular flexibility index (Phi) is 4.19. The minimum atomic E-state index is -3.36. The third-order valence-corrected chi connectivity index (χ3v) is 7.20. The Hall–Kier alpha value is -4.82. The number of fused-ring (bicyclic) bond motifs is 2. The Bertz CT molecular complexity index is 3080. The van der Waals surface area contributed by atoms with Gasteiger partial charge in [0.05, 0.1) is 74.6 Å². The molecule has 6 rings (SSSR count). The Labute approximate surface area is 318 Å². The summed E-state index contributed by atoms with van der Waals surface area (Å²) in [5, 5.41) is 11.5. The molecular formula is C33H35N7O5S2. The van der Waals surface area contributed by atoms with E-state index in [0.29, 0.717) is 11.8 Å². The molecule has 6 aromatic rings. The molecule has 4 aromatic heterocycles. The molecule has 0 radical (unpaired) electrons. The van der Waals surface area contributed by atoms with Crippen LogP contribution in [0.2, 0.25) is 0 Å². The lowest BCUT2D eigenvalue weighted by molar-refractivity contribution is -0.386. The van der Waals surface area contributed by atoms with E-state index in [4.69, 9.17) is 51.2 Å². The van der Waals surface area contributed by atoms with Crippen molar-refractivity contribution in [2.75, 3.05) is 21.1 Å². The molecule has 4 heterocycles. The third kappa shape index (κ3) is 7.60. The smallest absolute Gasteiger partial charge is 0.278 e. The van der Waals surface area contributed by atoms with Gasteiger partial charge in [0.25, 0.3) is 5.69 Å². The number of benzene rings is 2. The molecule has 0 aliphatic carbocycles. The zero-order valence-corrected chi connectivity index (χ0v) is 24.7. The lowest BCUT2D eigenvalue weighted by atomic mass is 10.1. The number of hydrogen-bond donors (Lipinski definition) is 2. The molecule has 2 N–H and O–H groups in total. The number of H-pyrrole nitrogens is 2. The highest BCUT2D eigenvalue weighted by Crippen LogP contribution is 2.31. The zero-order chi connectivity index (χ0) is 56.5. The van der Waals surface area contributed by atoms with Gasteiger partial charge in [-0.3, -0.25) is 20.1 Å². The molecule has 0 unspecified atom stereocenters. The van der Waals surface area contributed by atoms with E-state index >= 15 is 0 Å². The number of aromatic nitrogens is 6. The second-order valence-corrected chi connectivity index (χ2v) is 10.3. The predicted octanol–water partition coefficient (Wildman–Crippen LogP) is 7.67. The van der Waals surface area contributed by atoms with Crippen LogP contribution in [0.1, 0.15) is 70.7 Å². The van der Waals surface area contributed by atoms with Crippen LogP contribution in [-0.2, 0) is 11.4 Å². The summed E-state index contributed by atoms with van der Waals surface area (Å²) >= 11 is 0.577. The van der Waals surface area contributed by atoms with Crippen molar-refractivity contribution < 1.29 is 56.1 Å². The van der Waals surface area contributed by atoms with Gasteiger partial charge in [0.1, 0.15) is 17.2 Å². The van der Waals surface area contributed by atoms with Crippen molar-refractivity contribution in [3.05, 3.63) is 92.5 Å². The van der Waals surface area contributed by atoms with Crippen LogP contribution in [0.4, 0.5) is 5.69 Å². The second-order valence-electron chi connectivity index (χ2n) is 8.74. The Morgan fingerprint density at radius 1 is 0.809 bits per heavy atom. The van der Waals surface area contributed by atoms with E-state index in [1.165, 1.54) is 36.4 Å². The average molecular weight is 701 g/mol. The normalized spacial score (nSPS) is 21.9. The summed E-state index contributed by atoms with van der Waals surface area (Å²) in [5.41, 5.74) is -12.7. The van der Waals surface area contributed by atoms with E-state index in [0.717, 1.165) is 0 Å². The van der Waals surface area contributed by atoms with E-state index in [9.17, 15) is 10.1 Å². The molecular weight excluding hydrogens is 639 g/mol. The maximum absolute atomic E-state index is 11.8. The molecule has 0 spiro atoms. The summed E-state index contributed by atoms with van der Waals surface area (Å²) in [6.07, 6.45) is -2.25. The van der Waals surface area contributed by atoms with Crippen LogP contribution in [0.5, 0.6) is 17.2 Å². The molecule has 0 saturated heterocycles. The highest BCUT2D eigenvalue weighted by Gasteiger charge is 2.19. The van der Waals surface area contributed by atoms with Gasteiger partial charge >= 0.3 is 0 Å². The highest BCUT2D eigenvalue weighted by atomic mass is 32.2. The van der Waals surface area contributed by atoms with Gasteiger partial charge in [-0.2, -0.15) is 0 Å². The summed E-state index contributed by atoms with van der Waals surface area (Å²) in [7, 11) is -8.77. The van der Waals surface area contributed by atoms with Crippen LogP contribution < -0.4 is 14.2 Å². The molecule has 0 fully saturated rings. The number of pyridine rings is 2. The second kappa shape index (κ2) is 14.7. The number of rotatable bonds is 10. The molecule has 14 heteroatoms. The topological polar surface area (TPSA) is 154 Å². The van der Waals surface area contributed by atoms with Gasteiger partial charge in [-0.15, -0.1) is 0 Å². The van der Waals surface area contributed by atoms with Crippen LogP contribution in [0.15, 0.2) is 59.1 Å². The first-order valence-corrected chi connectivity index (χ1v) is 14.0. The average Bonchev–Trinajstić information content (AvgIpc) is 3.74. The van der Waals surface area contributed by atoms with Gasteiger partial charge in [-0.05, 0) is 51.7 Å². The molecule has 12 nitrogen and oxygen atoms in total. The number of ether oxygens (including phenoxy) is 3. The summed E-state index contributed by atoms with van der Waals surface area (Å²) in [6, 6.07) is 8.01. The number of thioether (sulfide) groups is 2. The van der Waals surface area contributed by atoms with E-state index in [1.807, 2.05) is 0 Å². The van der Waals surface area contributed by atoms with Gasteiger partial charge in [-0.25, -0.2) is 9.97 Å². The van der Waals surface area contributed by atoms with E-state index in [-0.39, 0.29) is 55.6 Å². The minimum absolute atomic E-state index is 0.0300. The fourth-order valence-corrected chi connectivity index (χ4v) is 4.98. The Morgan fingerprint density at radius 3 is 1.87 bits per heavy atom. The first kappa shape index (κ1) is 13.4. The number of nitrogens with one attached hydrogen (secondary N) is 2. The number of imidazole rings is 2. The van der Waals surface area contributed by atoms with Crippen molar-refractivity contribution in [2.24, 2.45) is 0 Å². The van der Waals surface area contributed by atoms with Gasteiger partial charge in [0, 0.05) is 80.1 Å². The summed E-state index contributed by atoms with van der Waals surface area (Å²) in [5.74, 6) is -1.26. The fraction of sp³-hybridized carbons (Fsp3) is 0.273. The van der Waals surface area contributed by atoms with Gasteiger partial charge in [0.2, 0.25) is 0 Å². The van der Waals surface area contributed by atoms with Crippen LogP contribution in [0.25, 0.3) is 22.1 Å². The largest absolute Gasteiger partial charge is 0.497 e. The van der Waals surface area contributed by atoms with Crippen molar-refractivity contribution in [3.63, 3.8) is 0 Å². The number of methoxy groups -OCH3 is 3. The molecule has 0 amide bonds. The monoisotopic (exact) mass is 700 g/mol. The highest BCUT2D eigenvalue weighted by molar-refractivity contribution is 7.98. The predicted molar refractivity (Wildman–Crippen MR) is 185 cm³/mol. The van der Waals surface area contributed by atoms with Crippen LogP contribution in [-0.4, -0.2) is 55.9 Å². The number of hydrogen-bond acceptors (Lipinski definition) is 11. The van der Waals surface area contributed by atoms with Crippen molar-refractivity contribution in [3.8, 4) is 17.2 Å². The van der Waals surface area contributed by atoms with Crippen LogP contribution in [0.3, 0.4) is 0 Å². The first-order valence-electron chi connectivity index (χ1n) is 25.9. The fourth-order valence-electron chi connectivity index (χ4n) is 3.69. The number of nitro groups is 1. The van der Waals surface area contributed by atoms with Gasteiger partial charge in [-0.1, -0.05) is 23.5 Å². The SMILES string of the molecule is [2H]c1nc(C([2H])([2H])Sc2nc3ccc(OC([2H])([2H])[2H])cc3[nH]2)c(C([2H])([2H])[2H])c(OC([2H])([2H])[2H])c1C([2H])([2H])[2H].[2H]c1nc(C([2H])([2H])Sc2nc3ccc(OC([2H])([2H])[2H])cc3[nH]2)c(C([2H])([2H])[2H])c([N+](=O)[O-])c1C([2H])([2H])[2H]. The lowest BCUT2D eigenvalue weighted by Crippen LogP contribution is -2.01. The molecule has 0 atom stereocenters. The van der Waals surface area contributed by atoms with Crippen LogP contribution in [0, 0.1) is 37.5 Å². The van der Waals surface area contributed by atoms with E-state index < -0.39 is 122 Å². The molecule has 0 aliphatic heterocycles. The maximum atomic E-state index is 11.8. The van der Waals surface area contributed by atoms with Gasteiger partial charge < -0.3 is 24.2 Å². The summed E-state index contributed by atoms with van der Waals surface area (Å²) in [6.45, 7) is -13.1.